The van der Waals surface area contributed by atoms with Crippen LogP contribution in [0.25, 0.3) is 10.9 Å². The molecule has 0 unspecified atom stereocenters. The fourth-order valence-corrected chi connectivity index (χ4v) is 4.13. The van der Waals surface area contributed by atoms with E-state index in [9.17, 15) is 8.42 Å². The molecule has 1 aromatic carbocycles. The van der Waals surface area contributed by atoms with Gasteiger partial charge in [0, 0.05) is 30.4 Å². The minimum absolute atomic E-state index is 0.230. The van der Waals surface area contributed by atoms with Gasteiger partial charge in [0.2, 0.25) is 0 Å². The van der Waals surface area contributed by atoms with Crippen molar-refractivity contribution in [3.05, 3.63) is 41.6 Å². The average molecular weight is 334 g/mol. The lowest BCUT2D eigenvalue weighted by Crippen LogP contribution is -2.38. The van der Waals surface area contributed by atoms with Crippen molar-refractivity contribution in [2.24, 2.45) is 0 Å². The molecule has 2 aromatic rings. The molecule has 0 spiro atoms. The summed E-state index contributed by atoms with van der Waals surface area (Å²) in [5, 5.41) is 2.75. The first kappa shape index (κ1) is 16.4. The van der Waals surface area contributed by atoms with Gasteiger partial charge in [-0.25, -0.2) is 8.42 Å². The quantitative estimate of drug-likeness (QED) is 0.860. The molecule has 0 saturated carbocycles. The summed E-state index contributed by atoms with van der Waals surface area (Å²) < 4.78 is 23.2. The van der Waals surface area contributed by atoms with E-state index in [-0.39, 0.29) is 5.25 Å². The average Bonchev–Trinajstić information content (AvgIpc) is 2.52. The van der Waals surface area contributed by atoms with E-state index in [4.69, 9.17) is 4.84 Å². The standard InChI is InChI=1S/C17H22N2O3S/c1-13-11-14(16-5-3-4-6-17(16)18-13)12-22-19-9-7-15(8-10-19)23(2,20)21/h3-6,11,15H,7-10,12H2,1-2H3. The molecule has 1 aliphatic heterocycles. The van der Waals surface area contributed by atoms with Crippen LogP contribution in [0.5, 0.6) is 0 Å². The van der Waals surface area contributed by atoms with Crippen molar-refractivity contribution in [2.45, 2.75) is 31.6 Å². The van der Waals surface area contributed by atoms with E-state index in [1.807, 2.05) is 36.3 Å². The molecule has 2 heterocycles. The zero-order valence-electron chi connectivity index (χ0n) is 13.5. The maximum absolute atomic E-state index is 11.6. The highest BCUT2D eigenvalue weighted by Gasteiger charge is 2.27. The van der Waals surface area contributed by atoms with Crippen LogP contribution in [-0.4, -0.2) is 43.1 Å². The summed E-state index contributed by atoms with van der Waals surface area (Å²) in [5.41, 5.74) is 3.05. The maximum Gasteiger partial charge on any atom is 0.150 e. The molecule has 0 atom stereocenters. The number of hydrogen-bond acceptors (Lipinski definition) is 5. The molecule has 3 rings (SSSR count). The Labute approximate surface area is 137 Å². The van der Waals surface area contributed by atoms with Crippen molar-refractivity contribution in [1.82, 2.24) is 10.0 Å². The van der Waals surface area contributed by atoms with Gasteiger partial charge in [-0.3, -0.25) is 9.82 Å². The molecule has 0 amide bonds. The van der Waals surface area contributed by atoms with Crippen LogP contribution in [0.2, 0.25) is 0 Å². The predicted octanol–water partition coefficient (Wildman–Crippen LogP) is 2.48. The zero-order valence-corrected chi connectivity index (χ0v) is 14.3. The number of hydrogen-bond donors (Lipinski definition) is 0. The van der Waals surface area contributed by atoms with E-state index in [0.29, 0.717) is 32.5 Å². The van der Waals surface area contributed by atoms with E-state index < -0.39 is 9.84 Å². The maximum atomic E-state index is 11.6. The smallest absolute Gasteiger partial charge is 0.150 e. The minimum Gasteiger partial charge on any atom is -0.294 e. The van der Waals surface area contributed by atoms with Crippen molar-refractivity contribution in [2.75, 3.05) is 19.3 Å². The molecule has 6 heteroatoms. The number of piperidine rings is 1. The van der Waals surface area contributed by atoms with Crippen molar-refractivity contribution in [3.8, 4) is 0 Å². The zero-order chi connectivity index (χ0) is 16.4. The van der Waals surface area contributed by atoms with E-state index in [0.717, 1.165) is 22.2 Å². The van der Waals surface area contributed by atoms with Gasteiger partial charge in [-0.05, 0) is 37.5 Å². The predicted molar refractivity (Wildman–Crippen MR) is 90.7 cm³/mol. The van der Waals surface area contributed by atoms with Gasteiger partial charge in [-0.1, -0.05) is 18.2 Å². The van der Waals surface area contributed by atoms with Crippen LogP contribution >= 0.6 is 0 Å². The number of sulfone groups is 1. The van der Waals surface area contributed by atoms with Crippen molar-refractivity contribution in [1.29, 1.82) is 0 Å². The van der Waals surface area contributed by atoms with Crippen LogP contribution in [0.15, 0.2) is 30.3 Å². The van der Waals surface area contributed by atoms with Crippen LogP contribution in [0.4, 0.5) is 0 Å². The third kappa shape index (κ3) is 3.88. The van der Waals surface area contributed by atoms with Crippen LogP contribution in [-0.2, 0) is 21.3 Å². The number of aromatic nitrogens is 1. The summed E-state index contributed by atoms with van der Waals surface area (Å²) in [5.74, 6) is 0. The van der Waals surface area contributed by atoms with Crippen molar-refractivity contribution >= 4 is 20.7 Å². The lowest BCUT2D eigenvalue weighted by Gasteiger charge is -2.30. The van der Waals surface area contributed by atoms with Gasteiger partial charge in [-0.15, -0.1) is 0 Å². The fourth-order valence-electron chi connectivity index (χ4n) is 3.06. The molecule has 5 nitrogen and oxygen atoms in total. The Morgan fingerprint density at radius 1 is 1.26 bits per heavy atom. The second-order valence-corrected chi connectivity index (χ2v) is 8.50. The third-order valence-corrected chi connectivity index (χ3v) is 6.02. The van der Waals surface area contributed by atoms with Crippen molar-refractivity contribution in [3.63, 3.8) is 0 Å². The number of para-hydroxylation sites is 1. The van der Waals surface area contributed by atoms with E-state index >= 15 is 0 Å². The summed E-state index contributed by atoms with van der Waals surface area (Å²) in [6, 6.07) is 10.1. The number of aryl methyl sites for hydroxylation is 1. The van der Waals surface area contributed by atoms with Crippen LogP contribution < -0.4 is 0 Å². The molecule has 0 aliphatic carbocycles. The van der Waals surface area contributed by atoms with Gasteiger partial charge in [0.25, 0.3) is 0 Å². The summed E-state index contributed by atoms with van der Waals surface area (Å²) in [6.07, 6.45) is 2.59. The largest absolute Gasteiger partial charge is 0.294 e. The summed E-state index contributed by atoms with van der Waals surface area (Å²) in [6.45, 7) is 3.76. The second kappa shape index (κ2) is 6.55. The number of rotatable bonds is 4. The molecule has 23 heavy (non-hydrogen) atoms. The summed E-state index contributed by atoms with van der Waals surface area (Å²) in [7, 11) is -2.94. The molecular formula is C17H22N2O3S. The minimum atomic E-state index is -2.94. The molecule has 1 aromatic heterocycles. The van der Waals surface area contributed by atoms with Gasteiger partial charge in [0.15, 0.2) is 0 Å². The first-order chi connectivity index (χ1) is 10.9. The highest BCUT2D eigenvalue weighted by Crippen LogP contribution is 2.21. The van der Waals surface area contributed by atoms with Gasteiger partial charge < -0.3 is 0 Å². The Morgan fingerprint density at radius 2 is 1.96 bits per heavy atom. The number of pyridine rings is 1. The monoisotopic (exact) mass is 334 g/mol. The number of benzene rings is 1. The molecule has 1 saturated heterocycles. The number of nitrogens with zero attached hydrogens (tertiary/aromatic N) is 2. The molecule has 0 bridgehead atoms. The van der Waals surface area contributed by atoms with Crippen LogP contribution in [0.1, 0.15) is 24.1 Å². The molecule has 0 N–H and O–H groups in total. The Kier molecular flexibility index (Phi) is 4.66. The first-order valence-electron chi connectivity index (χ1n) is 7.85. The highest BCUT2D eigenvalue weighted by atomic mass is 32.2. The third-order valence-electron chi connectivity index (χ3n) is 4.34. The molecule has 1 fully saturated rings. The lowest BCUT2D eigenvalue weighted by atomic mass is 10.1. The Hall–Kier alpha value is -1.50. The van der Waals surface area contributed by atoms with Crippen molar-refractivity contribution < 1.29 is 13.3 Å². The van der Waals surface area contributed by atoms with Gasteiger partial charge in [0.05, 0.1) is 17.4 Å². The molecule has 124 valence electrons. The highest BCUT2D eigenvalue weighted by molar-refractivity contribution is 7.91. The van der Waals surface area contributed by atoms with E-state index in [2.05, 4.69) is 11.1 Å². The Balaban J connectivity index is 1.66. The molecular weight excluding hydrogens is 312 g/mol. The normalized spacial score (nSPS) is 17.7. The van der Waals surface area contributed by atoms with Gasteiger partial charge >= 0.3 is 0 Å². The summed E-state index contributed by atoms with van der Waals surface area (Å²) in [4.78, 5) is 10.4. The number of hydroxylamine groups is 2. The SMILES string of the molecule is Cc1cc(CON2CCC(S(C)(=O)=O)CC2)c2ccccc2n1. The van der Waals surface area contributed by atoms with E-state index in [1.54, 1.807) is 0 Å². The molecule has 1 aliphatic rings. The van der Waals surface area contributed by atoms with Crippen LogP contribution in [0, 0.1) is 6.92 Å². The lowest BCUT2D eigenvalue weighted by molar-refractivity contribution is -0.177. The summed E-state index contributed by atoms with van der Waals surface area (Å²) >= 11 is 0. The Bertz CT molecular complexity index is 797. The Morgan fingerprint density at radius 3 is 2.65 bits per heavy atom. The van der Waals surface area contributed by atoms with E-state index in [1.165, 1.54) is 6.26 Å². The first-order valence-corrected chi connectivity index (χ1v) is 9.81. The fraction of sp³-hybridized carbons (Fsp3) is 0.471. The topological polar surface area (TPSA) is 59.5 Å². The van der Waals surface area contributed by atoms with Gasteiger partial charge in [-0.2, -0.15) is 5.06 Å². The van der Waals surface area contributed by atoms with Crippen LogP contribution in [0.3, 0.4) is 0 Å². The molecule has 0 radical (unpaired) electrons. The second-order valence-electron chi connectivity index (χ2n) is 6.17. The number of fused-ring (bicyclic) bond motifs is 1. The van der Waals surface area contributed by atoms with Gasteiger partial charge in [0.1, 0.15) is 9.84 Å².